The summed E-state index contributed by atoms with van der Waals surface area (Å²) in [5.74, 6) is 0. The van der Waals surface area contributed by atoms with Gasteiger partial charge in [-0.15, -0.1) is 0 Å². The largest absolute Gasteiger partial charge is 0.335 e. The fourth-order valence-corrected chi connectivity index (χ4v) is 4.69. The van der Waals surface area contributed by atoms with Gasteiger partial charge in [0, 0.05) is 37.1 Å². The number of urea groups is 2. The Morgan fingerprint density at radius 2 is 1.57 bits per heavy atom. The lowest BCUT2D eigenvalue weighted by atomic mass is 9.96. The number of nitrogens with zero attached hydrogens (tertiary/aromatic N) is 1. The standard InChI is InChI=1S/C21H32N4O4S/c1-15-8-9-18(30(2,28)29)14-19(15)24-21(27)25-12-10-17(11-13-25)23-20(26)22-16-6-4-3-5-7-16/h8-9,14,16-17H,3-7,10-13H2,1-2H3,(H,24,27)(H2,22,23,26). The summed E-state index contributed by atoms with van der Waals surface area (Å²) in [4.78, 5) is 26.7. The van der Waals surface area contributed by atoms with E-state index in [2.05, 4.69) is 16.0 Å². The number of benzene rings is 1. The van der Waals surface area contributed by atoms with Crippen LogP contribution in [0.3, 0.4) is 0 Å². The lowest BCUT2D eigenvalue weighted by molar-refractivity contribution is 0.186. The summed E-state index contributed by atoms with van der Waals surface area (Å²) in [6.45, 7) is 2.89. The van der Waals surface area contributed by atoms with Crippen LogP contribution in [0.4, 0.5) is 15.3 Å². The maximum Gasteiger partial charge on any atom is 0.321 e. The van der Waals surface area contributed by atoms with Crippen molar-refractivity contribution in [1.82, 2.24) is 15.5 Å². The van der Waals surface area contributed by atoms with Gasteiger partial charge in [-0.3, -0.25) is 0 Å². The number of sulfone groups is 1. The first-order valence-corrected chi connectivity index (χ1v) is 12.5. The molecule has 0 aromatic heterocycles. The lowest BCUT2D eigenvalue weighted by Gasteiger charge is -2.33. The lowest BCUT2D eigenvalue weighted by Crippen LogP contribution is -2.51. The van der Waals surface area contributed by atoms with E-state index in [0.29, 0.717) is 31.6 Å². The maximum atomic E-state index is 12.6. The molecule has 1 saturated carbocycles. The zero-order chi connectivity index (χ0) is 21.7. The molecule has 9 heteroatoms. The number of hydrogen-bond acceptors (Lipinski definition) is 4. The van der Waals surface area contributed by atoms with Gasteiger partial charge in [-0.05, 0) is 50.3 Å². The van der Waals surface area contributed by atoms with Crippen LogP contribution < -0.4 is 16.0 Å². The van der Waals surface area contributed by atoms with Crippen molar-refractivity contribution in [3.8, 4) is 0 Å². The molecule has 0 atom stereocenters. The number of rotatable bonds is 4. The topological polar surface area (TPSA) is 108 Å². The predicted molar refractivity (Wildman–Crippen MR) is 116 cm³/mol. The Kier molecular flexibility index (Phi) is 7.23. The molecule has 1 aliphatic heterocycles. The third kappa shape index (κ3) is 6.10. The number of carbonyl (C=O) groups is 2. The molecule has 4 amide bonds. The molecule has 1 saturated heterocycles. The number of carbonyl (C=O) groups excluding carboxylic acids is 2. The number of nitrogens with one attached hydrogen (secondary N) is 3. The highest BCUT2D eigenvalue weighted by Crippen LogP contribution is 2.22. The van der Waals surface area contributed by atoms with Gasteiger partial charge >= 0.3 is 12.1 Å². The van der Waals surface area contributed by atoms with Crippen molar-refractivity contribution in [3.63, 3.8) is 0 Å². The fourth-order valence-electron chi connectivity index (χ4n) is 4.05. The summed E-state index contributed by atoms with van der Waals surface area (Å²) in [6, 6.07) is 4.67. The molecule has 0 unspecified atom stereocenters. The molecular formula is C21H32N4O4S. The number of aryl methyl sites for hydroxylation is 1. The third-order valence-electron chi connectivity index (χ3n) is 5.94. The molecule has 0 spiro atoms. The van der Waals surface area contributed by atoms with Crippen LogP contribution in [0.15, 0.2) is 23.1 Å². The van der Waals surface area contributed by atoms with Gasteiger partial charge in [0.05, 0.1) is 4.90 Å². The highest BCUT2D eigenvalue weighted by atomic mass is 32.2. The number of hydrogen-bond donors (Lipinski definition) is 3. The van der Waals surface area contributed by atoms with Crippen LogP contribution in [0.25, 0.3) is 0 Å². The average Bonchev–Trinajstić information content (AvgIpc) is 2.70. The van der Waals surface area contributed by atoms with Crippen molar-refractivity contribution < 1.29 is 18.0 Å². The van der Waals surface area contributed by atoms with E-state index >= 15 is 0 Å². The molecule has 2 fully saturated rings. The van der Waals surface area contributed by atoms with Crippen molar-refractivity contribution >= 4 is 27.6 Å². The van der Waals surface area contributed by atoms with Crippen LogP contribution in [-0.4, -0.2) is 56.8 Å². The summed E-state index contributed by atoms with van der Waals surface area (Å²) < 4.78 is 23.5. The van der Waals surface area contributed by atoms with Gasteiger partial charge in [-0.2, -0.15) is 0 Å². The summed E-state index contributed by atoms with van der Waals surface area (Å²) in [5, 5.41) is 8.92. The minimum atomic E-state index is -3.34. The van der Waals surface area contributed by atoms with Gasteiger partial charge in [-0.1, -0.05) is 25.3 Å². The van der Waals surface area contributed by atoms with Gasteiger partial charge in [0.15, 0.2) is 9.84 Å². The summed E-state index contributed by atoms with van der Waals surface area (Å²) >= 11 is 0. The Labute approximate surface area is 178 Å². The molecule has 0 radical (unpaired) electrons. The fraction of sp³-hybridized carbons (Fsp3) is 0.619. The normalized spacial score (nSPS) is 18.7. The molecule has 3 rings (SSSR count). The first-order valence-electron chi connectivity index (χ1n) is 10.7. The number of piperidine rings is 1. The Morgan fingerprint density at radius 1 is 0.967 bits per heavy atom. The second kappa shape index (κ2) is 9.68. The van der Waals surface area contributed by atoms with E-state index in [9.17, 15) is 18.0 Å². The van der Waals surface area contributed by atoms with E-state index in [1.165, 1.54) is 31.4 Å². The second-order valence-corrected chi connectivity index (χ2v) is 10.4. The minimum Gasteiger partial charge on any atom is -0.335 e. The second-order valence-electron chi connectivity index (χ2n) is 8.39. The first-order chi connectivity index (χ1) is 14.2. The van der Waals surface area contributed by atoms with Crippen LogP contribution in [0, 0.1) is 6.92 Å². The molecule has 1 heterocycles. The van der Waals surface area contributed by atoms with E-state index in [1.54, 1.807) is 11.0 Å². The van der Waals surface area contributed by atoms with Crippen molar-refractivity contribution in [1.29, 1.82) is 0 Å². The molecule has 3 N–H and O–H groups in total. The zero-order valence-corrected chi connectivity index (χ0v) is 18.6. The maximum absolute atomic E-state index is 12.6. The van der Waals surface area contributed by atoms with E-state index < -0.39 is 9.84 Å². The quantitative estimate of drug-likeness (QED) is 0.674. The smallest absolute Gasteiger partial charge is 0.321 e. The van der Waals surface area contributed by atoms with Crippen molar-refractivity contribution in [2.75, 3.05) is 24.7 Å². The molecule has 166 valence electrons. The minimum absolute atomic E-state index is 0.0490. The van der Waals surface area contributed by atoms with Crippen LogP contribution >= 0.6 is 0 Å². The molecule has 8 nitrogen and oxygen atoms in total. The Balaban J connectivity index is 1.48. The van der Waals surface area contributed by atoms with Crippen LogP contribution in [0.5, 0.6) is 0 Å². The van der Waals surface area contributed by atoms with E-state index in [4.69, 9.17) is 0 Å². The summed E-state index contributed by atoms with van der Waals surface area (Å²) in [7, 11) is -3.34. The first kappa shape index (κ1) is 22.4. The van der Waals surface area contributed by atoms with E-state index in [1.807, 2.05) is 6.92 Å². The molecule has 30 heavy (non-hydrogen) atoms. The molecule has 1 aromatic carbocycles. The van der Waals surface area contributed by atoms with E-state index in [-0.39, 0.29) is 29.0 Å². The number of anilines is 1. The van der Waals surface area contributed by atoms with Crippen LogP contribution in [0.2, 0.25) is 0 Å². The molecule has 1 aliphatic carbocycles. The van der Waals surface area contributed by atoms with Gasteiger partial charge in [0.1, 0.15) is 0 Å². The summed E-state index contributed by atoms with van der Waals surface area (Å²) in [5.41, 5.74) is 1.29. The summed E-state index contributed by atoms with van der Waals surface area (Å²) in [6.07, 6.45) is 8.21. The Bertz CT molecular complexity index is 873. The van der Waals surface area contributed by atoms with Crippen LogP contribution in [0.1, 0.15) is 50.5 Å². The Hall–Kier alpha value is -2.29. The highest BCUT2D eigenvalue weighted by molar-refractivity contribution is 7.90. The molecule has 1 aromatic rings. The number of amides is 4. The monoisotopic (exact) mass is 436 g/mol. The Morgan fingerprint density at radius 3 is 2.17 bits per heavy atom. The SMILES string of the molecule is Cc1ccc(S(C)(=O)=O)cc1NC(=O)N1CCC(NC(=O)NC2CCCCC2)CC1. The van der Waals surface area contributed by atoms with Crippen molar-refractivity contribution in [2.45, 2.75) is 68.8 Å². The van der Waals surface area contributed by atoms with Gasteiger partial charge < -0.3 is 20.9 Å². The van der Waals surface area contributed by atoms with Gasteiger partial charge in [0.2, 0.25) is 0 Å². The predicted octanol–water partition coefficient (Wildman–Crippen LogP) is 3.03. The molecule has 0 bridgehead atoms. The molecular weight excluding hydrogens is 404 g/mol. The zero-order valence-electron chi connectivity index (χ0n) is 17.7. The van der Waals surface area contributed by atoms with Crippen molar-refractivity contribution in [2.24, 2.45) is 0 Å². The van der Waals surface area contributed by atoms with Crippen molar-refractivity contribution in [3.05, 3.63) is 23.8 Å². The van der Waals surface area contributed by atoms with E-state index in [0.717, 1.165) is 24.7 Å². The highest BCUT2D eigenvalue weighted by Gasteiger charge is 2.25. The van der Waals surface area contributed by atoms with Gasteiger partial charge in [0.25, 0.3) is 0 Å². The molecule has 2 aliphatic rings. The number of likely N-dealkylation sites (tertiary alicyclic amines) is 1. The third-order valence-corrected chi connectivity index (χ3v) is 7.05. The average molecular weight is 437 g/mol. The van der Waals surface area contributed by atoms with Gasteiger partial charge in [-0.25, -0.2) is 18.0 Å². The van der Waals surface area contributed by atoms with Crippen LogP contribution in [-0.2, 0) is 9.84 Å².